The van der Waals surface area contributed by atoms with Gasteiger partial charge in [-0.2, -0.15) is 0 Å². The molecule has 2 aromatic heterocycles. The van der Waals surface area contributed by atoms with Crippen molar-refractivity contribution < 1.29 is 0 Å². The van der Waals surface area contributed by atoms with Gasteiger partial charge in [0.15, 0.2) is 0 Å². The molecule has 0 amide bonds. The molecule has 0 spiro atoms. The van der Waals surface area contributed by atoms with Crippen molar-refractivity contribution in [2.75, 3.05) is 5.32 Å². The van der Waals surface area contributed by atoms with E-state index in [1.165, 1.54) is 22.1 Å². The minimum Gasteiger partial charge on any atom is -0.340 e. The first kappa shape index (κ1) is 18.2. The third-order valence-corrected chi connectivity index (χ3v) is 5.04. The molecule has 28 heavy (non-hydrogen) atoms. The number of hydrogen-bond acceptors (Lipinski definition) is 3. The molecule has 1 N–H and O–H groups in total. The first-order valence-electron chi connectivity index (χ1n) is 9.64. The highest BCUT2D eigenvalue weighted by molar-refractivity contribution is 5.95. The maximum atomic E-state index is 4.74. The number of anilines is 2. The van der Waals surface area contributed by atoms with Crippen molar-refractivity contribution in [2.45, 2.75) is 32.6 Å². The molecule has 2 heterocycles. The highest BCUT2D eigenvalue weighted by Gasteiger charge is 2.13. The second-order valence-corrected chi connectivity index (χ2v) is 8.16. The van der Waals surface area contributed by atoms with E-state index in [0.29, 0.717) is 0 Å². The molecule has 4 aromatic rings. The molecule has 0 fully saturated rings. The van der Waals surface area contributed by atoms with Crippen LogP contribution in [0.3, 0.4) is 0 Å². The molecule has 3 heteroatoms. The molecule has 0 saturated carbocycles. The predicted molar refractivity (Wildman–Crippen MR) is 117 cm³/mol. The smallest absolute Gasteiger partial charge is 0.138 e. The number of aromatic nitrogens is 2. The van der Waals surface area contributed by atoms with Gasteiger partial charge in [0, 0.05) is 29.7 Å². The Balaban J connectivity index is 1.66. The molecule has 0 aliphatic rings. The number of pyridine rings is 2. The van der Waals surface area contributed by atoms with Crippen LogP contribution in [0.25, 0.3) is 10.8 Å². The van der Waals surface area contributed by atoms with E-state index in [1.807, 2.05) is 18.6 Å². The van der Waals surface area contributed by atoms with Gasteiger partial charge in [-0.3, -0.25) is 4.98 Å². The fourth-order valence-corrected chi connectivity index (χ4v) is 3.40. The van der Waals surface area contributed by atoms with Gasteiger partial charge in [-0.15, -0.1) is 0 Å². The fraction of sp³-hybridized carbons (Fsp3) is 0.200. The summed E-state index contributed by atoms with van der Waals surface area (Å²) in [6.45, 7) is 6.68. The van der Waals surface area contributed by atoms with Crippen LogP contribution in [0.1, 0.15) is 37.5 Å². The number of nitrogens with zero attached hydrogens (tertiary/aromatic N) is 2. The van der Waals surface area contributed by atoms with Crippen LogP contribution in [0, 0.1) is 0 Å². The lowest BCUT2D eigenvalue weighted by molar-refractivity contribution is 0.590. The third kappa shape index (κ3) is 3.89. The highest BCUT2D eigenvalue weighted by Crippen LogP contribution is 2.29. The van der Waals surface area contributed by atoms with Crippen LogP contribution in [0.2, 0.25) is 0 Å². The van der Waals surface area contributed by atoms with E-state index in [4.69, 9.17) is 4.98 Å². The molecule has 0 aliphatic carbocycles. The molecular weight excluding hydrogens is 342 g/mol. The van der Waals surface area contributed by atoms with Gasteiger partial charge in [-0.25, -0.2) is 4.98 Å². The SMILES string of the molecule is CC(C)(C)c1ccc(Nc2ncc(Cc3ccncc3)c3ccccc23)cc1. The van der Waals surface area contributed by atoms with Crippen molar-refractivity contribution in [3.8, 4) is 0 Å². The monoisotopic (exact) mass is 367 g/mol. The summed E-state index contributed by atoms with van der Waals surface area (Å²) in [6.07, 6.45) is 6.50. The molecule has 0 radical (unpaired) electrons. The van der Waals surface area contributed by atoms with Gasteiger partial charge in [-0.1, -0.05) is 57.2 Å². The topological polar surface area (TPSA) is 37.8 Å². The average Bonchev–Trinajstić information content (AvgIpc) is 2.70. The van der Waals surface area contributed by atoms with E-state index in [2.05, 4.69) is 91.7 Å². The summed E-state index contributed by atoms with van der Waals surface area (Å²) in [5.41, 5.74) is 4.98. The van der Waals surface area contributed by atoms with Crippen LogP contribution in [0.5, 0.6) is 0 Å². The Morgan fingerprint density at radius 2 is 1.50 bits per heavy atom. The summed E-state index contributed by atoms with van der Waals surface area (Å²) < 4.78 is 0. The van der Waals surface area contributed by atoms with Gasteiger partial charge >= 0.3 is 0 Å². The van der Waals surface area contributed by atoms with Crippen molar-refractivity contribution in [3.05, 3.63) is 95.9 Å². The van der Waals surface area contributed by atoms with Crippen LogP contribution in [-0.2, 0) is 11.8 Å². The summed E-state index contributed by atoms with van der Waals surface area (Å²) >= 11 is 0. The maximum absolute atomic E-state index is 4.74. The van der Waals surface area contributed by atoms with Crippen LogP contribution in [0.4, 0.5) is 11.5 Å². The largest absolute Gasteiger partial charge is 0.340 e. The molecule has 0 atom stereocenters. The van der Waals surface area contributed by atoms with Crippen LogP contribution < -0.4 is 5.32 Å². The Labute approximate surface area is 166 Å². The second-order valence-electron chi connectivity index (χ2n) is 8.16. The average molecular weight is 367 g/mol. The number of rotatable bonds is 4. The Morgan fingerprint density at radius 1 is 0.821 bits per heavy atom. The zero-order valence-corrected chi connectivity index (χ0v) is 16.6. The number of nitrogens with one attached hydrogen (secondary N) is 1. The lowest BCUT2D eigenvalue weighted by Crippen LogP contribution is -2.10. The van der Waals surface area contributed by atoms with Crippen molar-refractivity contribution >= 4 is 22.3 Å². The Bertz CT molecular complexity index is 1080. The molecule has 2 aromatic carbocycles. The number of hydrogen-bond donors (Lipinski definition) is 1. The Kier molecular flexibility index (Phi) is 4.82. The Hall–Kier alpha value is -3.20. The van der Waals surface area contributed by atoms with Gasteiger partial charge in [0.25, 0.3) is 0 Å². The van der Waals surface area contributed by atoms with Crippen molar-refractivity contribution in [3.63, 3.8) is 0 Å². The van der Waals surface area contributed by atoms with Crippen LogP contribution in [0.15, 0.2) is 79.3 Å². The van der Waals surface area contributed by atoms with Gasteiger partial charge in [0.05, 0.1) is 0 Å². The van der Waals surface area contributed by atoms with Gasteiger partial charge < -0.3 is 5.32 Å². The van der Waals surface area contributed by atoms with Crippen LogP contribution >= 0.6 is 0 Å². The zero-order chi connectivity index (χ0) is 19.6. The summed E-state index contributed by atoms with van der Waals surface area (Å²) in [5.74, 6) is 0.887. The first-order chi connectivity index (χ1) is 13.5. The van der Waals surface area contributed by atoms with E-state index in [0.717, 1.165) is 23.3 Å². The van der Waals surface area contributed by atoms with Gasteiger partial charge in [0.2, 0.25) is 0 Å². The highest BCUT2D eigenvalue weighted by atomic mass is 15.0. The first-order valence-corrected chi connectivity index (χ1v) is 9.64. The van der Waals surface area contributed by atoms with Crippen molar-refractivity contribution in [1.29, 1.82) is 0 Å². The van der Waals surface area contributed by atoms with E-state index >= 15 is 0 Å². The lowest BCUT2D eigenvalue weighted by Gasteiger charge is -2.19. The number of benzene rings is 2. The number of fused-ring (bicyclic) bond motifs is 1. The molecule has 0 aliphatic heterocycles. The minimum atomic E-state index is 0.151. The van der Waals surface area contributed by atoms with E-state index in [-0.39, 0.29) is 5.41 Å². The van der Waals surface area contributed by atoms with Crippen molar-refractivity contribution in [2.24, 2.45) is 0 Å². The van der Waals surface area contributed by atoms with E-state index < -0.39 is 0 Å². The summed E-state index contributed by atoms with van der Waals surface area (Å²) in [5, 5.41) is 5.85. The van der Waals surface area contributed by atoms with E-state index in [9.17, 15) is 0 Å². The summed E-state index contributed by atoms with van der Waals surface area (Å²) in [4.78, 5) is 8.85. The molecule has 0 bridgehead atoms. The van der Waals surface area contributed by atoms with E-state index in [1.54, 1.807) is 0 Å². The second kappa shape index (κ2) is 7.43. The van der Waals surface area contributed by atoms with Crippen molar-refractivity contribution in [1.82, 2.24) is 9.97 Å². The molecule has 140 valence electrons. The molecule has 0 unspecified atom stereocenters. The molecule has 0 saturated heterocycles. The summed E-state index contributed by atoms with van der Waals surface area (Å²) in [6, 6.07) is 21.2. The predicted octanol–water partition coefficient (Wildman–Crippen LogP) is 6.26. The Morgan fingerprint density at radius 3 is 2.18 bits per heavy atom. The molecule has 3 nitrogen and oxygen atoms in total. The minimum absolute atomic E-state index is 0.151. The third-order valence-electron chi connectivity index (χ3n) is 5.04. The molecule has 4 rings (SSSR count). The van der Waals surface area contributed by atoms with Gasteiger partial charge in [-0.05, 0) is 58.2 Å². The lowest BCUT2D eigenvalue weighted by atomic mass is 9.87. The molecular formula is C25H25N3. The zero-order valence-electron chi connectivity index (χ0n) is 16.6. The standard InChI is InChI=1S/C25H25N3/c1-25(2,3)20-8-10-21(11-9-20)28-24-23-7-5-4-6-22(23)19(17-27-24)16-18-12-14-26-15-13-18/h4-15,17H,16H2,1-3H3,(H,27,28). The fourth-order valence-electron chi connectivity index (χ4n) is 3.40. The maximum Gasteiger partial charge on any atom is 0.138 e. The quantitative estimate of drug-likeness (QED) is 0.462. The van der Waals surface area contributed by atoms with Crippen LogP contribution in [-0.4, -0.2) is 9.97 Å². The normalized spacial score (nSPS) is 11.5. The summed E-state index contributed by atoms with van der Waals surface area (Å²) in [7, 11) is 0. The van der Waals surface area contributed by atoms with Gasteiger partial charge in [0.1, 0.15) is 5.82 Å².